The second-order valence-corrected chi connectivity index (χ2v) is 3.44. The largest absolute Gasteiger partial charge is 0.478 e. The Morgan fingerprint density at radius 3 is 2.87 bits per heavy atom. The summed E-state index contributed by atoms with van der Waals surface area (Å²) >= 11 is 0. The Kier molecular flexibility index (Phi) is 2.19. The normalized spacial score (nSPS) is 10.8. The van der Waals surface area contributed by atoms with E-state index >= 15 is 0 Å². The lowest BCUT2D eigenvalue weighted by molar-refractivity contribution is 0.0698. The Hall–Kier alpha value is -1.84. The summed E-state index contributed by atoms with van der Waals surface area (Å²) in [6, 6.07) is 5.53. The molecule has 0 bridgehead atoms. The van der Waals surface area contributed by atoms with Gasteiger partial charge < -0.3 is 5.11 Å². The highest BCUT2D eigenvalue weighted by Crippen LogP contribution is 2.17. The molecule has 0 saturated carbocycles. The Morgan fingerprint density at radius 1 is 1.53 bits per heavy atom. The van der Waals surface area contributed by atoms with Crippen LogP contribution in [0.1, 0.15) is 28.7 Å². The maximum absolute atomic E-state index is 11.1. The second kappa shape index (κ2) is 3.38. The van der Waals surface area contributed by atoms with Gasteiger partial charge in [0.2, 0.25) is 0 Å². The quantitative estimate of drug-likeness (QED) is 0.812. The van der Waals surface area contributed by atoms with Crippen molar-refractivity contribution < 1.29 is 9.90 Å². The lowest BCUT2D eigenvalue weighted by atomic mass is 10.1. The SMILES string of the molecule is CCc1nn2c(C)cccc2c1C(=O)O. The predicted octanol–water partition coefficient (Wildman–Crippen LogP) is 1.90. The molecule has 0 aliphatic carbocycles. The van der Waals surface area contributed by atoms with Crippen molar-refractivity contribution in [3.63, 3.8) is 0 Å². The molecule has 0 unspecified atom stereocenters. The fourth-order valence-electron chi connectivity index (χ4n) is 1.73. The molecule has 2 aromatic heterocycles. The summed E-state index contributed by atoms with van der Waals surface area (Å²) in [7, 11) is 0. The zero-order valence-corrected chi connectivity index (χ0v) is 8.69. The summed E-state index contributed by atoms with van der Waals surface area (Å²) in [6.45, 7) is 3.81. The smallest absolute Gasteiger partial charge is 0.339 e. The van der Waals surface area contributed by atoms with Gasteiger partial charge in [-0.15, -0.1) is 0 Å². The molecular formula is C11H12N2O2. The van der Waals surface area contributed by atoms with Crippen molar-refractivity contribution in [1.82, 2.24) is 9.61 Å². The zero-order chi connectivity index (χ0) is 11.0. The molecule has 2 heterocycles. The van der Waals surface area contributed by atoms with Crippen LogP contribution < -0.4 is 0 Å². The molecule has 0 aliphatic heterocycles. The van der Waals surface area contributed by atoms with Gasteiger partial charge in [-0.25, -0.2) is 9.31 Å². The van der Waals surface area contributed by atoms with E-state index in [-0.39, 0.29) is 0 Å². The fraction of sp³-hybridized carbons (Fsp3) is 0.273. The van der Waals surface area contributed by atoms with E-state index < -0.39 is 5.97 Å². The highest BCUT2D eigenvalue weighted by molar-refractivity contribution is 5.97. The third kappa shape index (κ3) is 1.38. The summed E-state index contributed by atoms with van der Waals surface area (Å²) in [5, 5.41) is 13.4. The van der Waals surface area contributed by atoms with Crippen LogP contribution in [0.15, 0.2) is 18.2 Å². The van der Waals surface area contributed by atoms with Gasteiger partial charge >= 0.3 is 5.97 Å². The van der Waals surface area contributed by atoms with Crippen LogP contribution in [0, 0.1) is 6.92 Å². The number of hydrogen-bond acceptors (Lipinski definition) is 2. The van der Waals surface area contributed by atoms with Gasteiger partial charge in [-0.3, -0.25) is 0 Å². The summed E-state index contributed by atoms with van der Waals surface area (Å²) < 4.78 is 1.68. The molecule has 4 nitrogen and oxygen atoms in total. The van der Waals surface area contributed by atoms with Gasteiger partial charge in [-0.2, -0.15) is 5.10 Å². The first kappa shape index (κ1) is 9.71. The van der Waals surface area contributed by atoms with Gasteiger partial charge in [0.05, 0.1) is 11.2 Å². The summed E-state index contributed by atoms with van der Waals surface area (Å²) in [4.78, 5) is 11.1. The van der Waals surface area contributed by atoms with Crippen molar-refractivity contribution in [3.8, 4) is 0 Å². The van der Waals surface area contributed by atoms with Gasteiger partial charge in [0.25, 0.3) is 0 Å². The Labute approximate surface area is 87.2 Å². The van der Waals surface area contributed by atoms with E-state index in [1.807, 2.05) is 26.0 Å². The summed E-state index contributed by atoms with van der Waals surface area (Å²) in [5.74, 6) is -0.910. The Morgan fingerprint density at radius 2 is 2.27 bits per heavy atom. The lowest BCUT2D eigenvalue weighted by Gasteiger charge is -1.97. The monoisotopic (exact) mass is 204 g/mol. The fourth-order valence-corrected chi connectivity index (χ4v) is 1.73. The van der Waals surface area contributed by atoms with Gasteiger partial charge in [0, 0.05) is 5.69 Å². The topological polar surface area (TPSA) is 54.6 Å². The van der Waals surface area contributed by atoms with Crippen LogP contribution in [0.2, 0.25) is 0 Å². The van der Waals surface area contributed by atoms with Crippen molar-refractivity contribution in [1.29, 1.82) is 0 Å². The highest BCUT2D eigenvalue weighted by atomic mass is 16.4. The van der Waals surface area contributed by atoms with E-state index in [1.165, 1.54) is 0 Å². The van der Waals surface area contributed by atoms with E-state index in [0.29, 0.717) is 23.2 Å². The molecule has 0 atom stereocenters. The molecule has 0 aromatic carbocycles. The highest BCUT2D eigenvalue weighted by Gasteiger charge is 2.17. The number of pyridine rings is 1. The van der Waals surface area contributed by atoms with Crippen LogP contribution in [0.3, 0.4) is 0 Å². The molecule has 15 heavy (non-hydrogen) atoms. The van der Waals surface area contributed by atoms with E-state index in [4.69, 9.17) is 5.11 Å². The molecule has 0 saturated heterocycles. The van der Waals surface area contributed by atoms with Crippen molar-refractivity contribution in [3.05, 3.63) is 35.2 Å². The number of carbonyl (C=O) groups is 1. The molecule has 0 amide bonds. The minimum Gasteiger partial charge on any atom is -0.478 e. The zero-order valence-electron chi connectivity index (χ0n) is 8.69. The number of hydrogen-bond donors (Lipinski definition) is 1. The third-order valence-corrected chi connectivity index (χ3v) is 2.47. The molecule has 0 fully saturated rings. The number of aromatic carboxylic acids is 1. The number of fused-ring (bicyclic) bond motifs is 1. The standard InChI is InChI=1S/C11H12N2O2/c1-3-8-10(11(14)15)9-6-4-5-7(2)13(9)12-8/h4-6H,3H2,1-2H3,(H,14,15). The maximum atomic E-state index is 11.1. The van der Waals surface area contributed by atoms with E-state index in [2.05, 4.69) is 5.10 Å². The van der Waals surface area contributed by atoms with Crippen molar-refractivity contribution >= 4 is 11.5 Å². The molecule has 4 heteroatoms. The van der Waals surface area contributed by atoms with Gasteiger partial charge in [0.1, 0.15) is 5.56 Å². The molecule has 0 aliphatic rings. The van der Waals surface area contributed by atoms with Crippen molar-refractivity contribution in [2.75, 3.05) is 0 Å². The van der Waals surface area contributed by atoms with Crippen molar-refractivity contribution in [2.45, 2.75) is 20.3 Å². The number of carboxylic acids is 1. The summed E-state index contributed by atoms with van der Waals surface area (Å²) in [5.41, 5.74) is 2.56. The maximum Gasteiger partial charge on any atom is 0.339 e. The second-order valence-electron chi connectivity index (χ2n) is 3.44. The first-order chi connectivity index (χ1) is 7.15. The Balaban J connectivity index is 2.86. The van der Waals surface area contributed by atoms with Crippen LogP contribution in [-0.4, -0.2) is 20.7 Å². The minimum absolute atomic E-state index is 0.321. The third-order valence-electron chi connectivity index (χ3n) is 2.47. The molecule has 1 N–H and O–H groups in total. The van der Waals surface area contributed by atoms with Gasteiger partial charge in [-0.1, -0.05) is 13.0 Å². The minimum atomic E-state index is -0.910. The van der Waals surface area contributed by atoms with E-state index in [0.717, 1.165) is 5.69 Å². The lowest BCUT2D eigenvalue weighted by Crippen LogP contribution is -1.99. The molecule has 0 spiro atoms. The van der Waals surface area contributed by atoms with E-state index in [9.17, 15) is 4.79 Å². The van der Waals surface area contributed by atoms with Crippen molar-refractivity contribution in [2.24, 2.45) is 0 Å². The number of rotatable bonds is 2. The summed E-state index contributed by atoms with van der Waals surface area (Å²) in [6.07, 6.45) is 0.628. The van der Waals surface area contributed by atoms with Crippen LogP contribution in [0.4, 0.5) is 0 Å². The number of carboxylic acid groups (broad SMARTS) is 1. The molecule has 78 valence electrons. The van der Waals surface area contributed by atoms with Crippen LogP contribution in [0.25, 0.3) is 5.52 Å². The average Bonchev–Trinajstić information content (AvgIpc) is 2.57. The number of aryl methyl sites for hydroxylation is 2. The molecular weight excluding hydrogens is 192 g/mol. The first-order valence-corrected chi connectivity index (χ1v) is 4.85. The molecule has 0 radical (unpaired) electrons. The average molecular weight is 204 g/mol. The van der Waals surface area contributed by atoms with Crippen LogP contribution in [0.5, 0.6) is 0 Å². The molecule has 2 aromatic rings. The van der Waals surface area contributed by atoms with E-state index in [1.54, 1.807) is 10.6 Å². The molecule has 2 rings (SSSR count). The Bertz CT molecular complexity index is 529. The van der Waals surface area contributed by atoms with Crippen LogP contribution >= 0.6 is 0 Å². The number of aromatic nitrogens is 2. The van der Waals surface area contributed by atoms with Crippen LogP contribution in [-0.2, 0) is 6.42 Å². The predicted molar refractivity (Wildman–Crippen MR) is 56.3 cm³/mol. The van der Waals surface area contributed by atoms with Gasteiger partial charge in [0.15, 0.2) is 0 Å². The first-order valence-electron chi connectivity index (χ1n) is 4.85. The van der Waals surface area contributed by atoms with Gasteiger partial charge in [-0.05, 0) is 25.5 Å². The number of nitrogens with zero attached hydrogens (tertiary/aromatic N) is 2.